The van der Waals surface area contributed by atoms with Crippen LogP contribution in [0.1, 0.15) is 11.7 Å². The lowest BCUT2D eigenvalue weighted by Crippen LogP contribution is -2.31. The van der Waals surface area contributed by atoms with Gasteiger partial charge in [0.1, 0.15) is 11.9 Å². The maximum atomic E-state index is 11.1. The number of hydrogen-bond acceptors (Lipinski definition) is 7. The molecule has 0 spiro atoms. The van der Waals surface area contributed by atoms with Crippen LogP contribution in [0.4, 0.5) is 0 Å². The zero-order valence-electron chi connectivity index (χ0n) is 9.03. The highest BCUT2D eigenvalue weighted by Gasteiger charge is 2.27. The molecule has 94 valence electrons. The molecule has 3 N–H and O–H groups in total. The van der Waals surface area contributed by atoms with Crippen LogP contribution >= 0.6 is 12.8 Å². The van der Waals surface area contributed by atoms with E-state index in [0.29, 0.717) is 11.3 Å². The van der Waals surface area contributed by atoms with Crippen molar-refractivity contribution in [2.45, 2.75) is 12.2 Å². The van der Waals surface area contributed by atoms with Crippen LogP contribution in [0.2, 0.25) is 0 Å². The second-order valence-corrected chi connectivity index (χ2v) is 3.36. The Morgan fingerprint density at radius 2 is 1.94 bits per heavy atom. The third kappa shape index (κ3) is 3.60. The predicted molar refractivity (Wildman–Crippen MR) is 62.2 cm³/mol. The van der Waals surface area contributed by atoms with Crippen molar-refractivity contribution in [2.24, 2.45) is 0 Å². The van der Waals surface area contributed by atoms with Crippen LogP contribution in [0, 0.1) is 0 Å². The molecule has 0 bridgehead atoms. The maximum absolute atomic E-state index is 11.1. The molecule has 0 unspecified atom stereocenters. The molecule has 0 radical (unpaired) electrons. The molecule has 0 aliphatic rings. The van der Waals surface area contributed by atoms with Crippen LogP contribution in [0.5, 0.6) is 5.75 Å². The van der Waals surface area contributed by atoms with Gasteiger partial charge in [-0.05, 0) is 17.7 Å². The fraction of sp³-hybridized carbons (Fsp3) is 0.300. The largest absolute Gasteiger partial charge is 0.497 e. The molecule has 0 fully saturated rings. The van der Waals surface area contributed by atoms with Gasteiger partial charge in [-0.15, -0.1) is 0 Å². The van der Waals surface area contributed by atoms with Crippen LogP contribution in [-0.4, -0.2) is 29.4 Å². The van der Waals surface area contributed by atoms with Crippen LogP contribution in [0.15, 0.2) is 24.3 Å². The maximum Gasteiger partial charge on any atom is 0.357 e. The molecule has 7 heteroatoms. The van der Waals surface area contributed by atoms with Gasteiger partial charge in [0.2, 0.25) is 0 Å². The summed E-state index contributed by atoms with van der Waals surface area (Å²) in [5.74, 6) is -0.418. The number of carbonyl (C=O) groups excluding carboxylic acids is 1. The van der Waals surface area contributed by atoms with E-state index in [0.717, 1.165) is 0 Å². The molecular formula is C10H13NO5S. The molecule has 0 saturated carbocycles. The summed E-state index contributed by atoms with van der Waals surface area (Å²) in [6, 6.07) is 6.28. The summed E-state index contributed by atoms with van der Waals surface area (Å²) in [7, 11) is 1.51. The highest BCUT2D eigenvalue weighted by molar-refractivity contribution is 7.77. The monoisotopic (exact) mass is 259 g/mol. The van der Waals surface area contributed by atoms with Gasteiger partial charge in [0.25, 0.3) is 0 Å². The molecule has 0 heterocycles. The van der Waals surface area contributed by atoms with E-state index in [1.165, 1.54) is 19.2 Å². The van der Waals surface area contributed by atoms with Gasteiger partial charge in [-0.3, -0.25) is 0 Å². The first kappa shape index (κ1) is 13.8. The lowest BCUT2D eigenvalue weighted by Gasteiger charge is -2.16. The number of hydrogen-bond donors (Lipinski definition) is 4. The van der Waals surface area contributed by atoms with Crippen LogP contribution in [0.3, 0.4) is 0 Å². The van der Waals surface area contributed by atoms with Crippen molar-refractivity contribution >= 4 is 18.8 Å². The van der Waals surface area contributed by atoms with E-state index in [-0.39, 0.29) is 0 Å². The summed E-state index contributed by atoms with van der Waals surface area (Å²) < 4.78 is 4.94. The Balaban J connectivity index is 2.73. The average Bonchev–Trinajstić information content (AvgIpc) is 2.37. The lowest BCUT2D eigenvalue weighted by atomic mass is 10.0. The van der Waals surface area contributed by atoms with Crippen molar-refractivity contribution in [2.75, 3.05) is 7.11 Å². The van der Waals surface area contributed by atoms with E-state index in [1.807, 2.05) is 4.89 Å². The smallest absolute Gasteiger partial charge is 0.357 e. The number of nitrogens with one attached hydrogen (secondary N) is 1. The molecule has 0 saturated heterocycles. The van der Waals surface area contributed by atoms with Crippen molar-refractivity contribution in [3.63, 3.8) is 0 Å². The first-order chi connectivity index (χ1) is 8.10. The fourth-order valence-electron chi connectivity index (χ4n) is 1.22. The number of benzene rings is 1. The third-order valence-corrected chi connectivity index (χ3v) is 2.24. The predicted octanol–water partition coefficient (Wildman–Crippen LogP) is -0.0179. The Bertz CT molecular complexity index is 369. The molecule has 1 aromatic rings. The van der Waals surface area contributed by atoms with Gasteiger partial charge in [0.15, 0.2) is 6.10 Å². The average molecular weight is 259 g/mol. The molecule has 0 amide bonds. The minimum atomic E-state index is -1.69. The molecule has 1 rings (SSSR count). The summed E-state index contributed by atoms with van der Waals surface area (Å²) in [4.78, 5) is 17.2. The summed E-state index contributed by atoms with van der Waals surface area (Å²) >= 11 is 3.43. The summed E-state index contributed by atoms with van der Waals surface area (Å²) in [6.07, 6.45) is -3.07. The van der Waals surface area contributed by atoms with Crippen molar-refractivity contribution in [1.29, 1.82) is 0 Å². The normalized spacial score (nSPS) is 13.9. The second-order valence-electron chi connectivity index (χ2n) is 3.18. The highest BCUT2D eigenvalue weighted by atomic mass is 32.1. The van der Waals surface area contributed by atoms with E-state index in [2.05, 4.69) is 17.7 Å². The third-order valence-electron chi connectivity index (χ3n) is 2.14. The van der Waals surface area contributed by atoms with E-state index < -0.39 is 18.2 Å². The van der Waals surface area contributed by atoms with Crippen molar-refractivity contribution in [1.82, 2.24) is 4.89 Å². The fourth-order valence-corrected chi connectivity index (χ4v) is 1.31. The summed E-state index contributed by atoms with van der Waals surface area (Å²) in [5.41, 5.74) is 0.370. The number of aliphatic hydroxyl groups is 2. The SMILES string of the molecule is COc1ccc([C@H](O)[C@@H](O)C(=O)ONS)cc1. The Hall–Kier alpha value is -1.28. The van der Waals surface area contributed by atoms with Gasteiger partial charge in [0.05, 0.1) is 7.11 Å². The van der Waals surface area contributed by atoms with Gasteiger partial charge in [-0.25, -0.2) is 4.79 Å². The van der Waals surface area contributed by atoms with E-state index in [9.17, 15) is 15.0 Å². The number of methoxy groups -OCH3 is 1. The first-order valence-electron chi connectivity index (χ1n) is 4.70. The number of ether oxygens (including phenoxy) is 1. The standard InChI is InChI=1S/C10H13NO5S/c1-15-7-4-2-6(3-5-7)8(12)9(13)10(14)16-11-17/h2-5,8-9,11-13,17H,1H3/t8-,9+/m0/s1. The van der Waals surface area contributed by atoms with Crippen LogP contribution < -0.4 is 9.62 Å². The van der Waals surface area contributed by atoms with Gasteiger partial charge in [-0.2, -0.15) is 0 Å². The van der Waals surface area contributed by atoms with E-state index >= 15 is 0 Å². The Morgan fingerprint density at radius 1 is 1.35 bits per heavy atom. The van der Waals surface area contributed by atoms with Gasteiger partial charge < -0.3 is 19.8 Å². The van der Waals surface area contributed by atoms with Crippen molar-refractivity contribution in [3.8, 4) is 5.75 Å². The zero-order valence-corrected chi connectivity index (χ0v) is 9.92. The minimum Gasteiger partial charge on any atom is -0.497 e. The van der Waals surface area contributed by atoms with E-state index in [4.69, 9.17) is 4.74 Å². The zero-order chi connectivity index (χ0) is 12.8. The molecule has 2 atom stereocenters. The summed E-state index contributed by atoms with van der Waals surface area (Å²) in [5, 5.41) is 19.2. The Labute approximate surface area is 104 Å². The topological polar surface area (TPSA) is 88.0 Å². The van der Waals surface area contributed by atoms with Gasteiger partial charge >= 0.3 is 5.97 Å². The van der Waals surface area contributed by atoms with Crippen molar-refractivity contribution in [3.05, 3.63) is 29.8 Å². The molecule has 6 nitrogen and oxygen atoms in total. The molecule has 0 aliphatic heterocycles. The van der Waals surface area contributed by atoms with E-state index in [1.54, 1.807) is 12.1 Å². The second kappa shape index (κ2) is 6.45. The number of carbonyl (C=O) groups is 1. The quantitative estimate of drug-likeness (QED) is 0.439. The Kier molecular flexibility index (Phi) is 5.23. The Morgan fingerprint density at radius 3 is 2.41 bits per heavy atom. The number of aliphatic hydroxyl groups excluding tert-OH is 2. The summed E-state index contributed by atoms with van der Waals surface area (Å²) in [6.45, 7) is 0. The highest BCUT2D eigenvalue weighted by Crippen LogP contribution is 2.20. The molecular weight excluding hydrogens is 246 g/mol. The van der Waals surface area contributed by atoms with Crippen LogP contribution in [-0.2, 0) is 9.63 Å². The number of rotatable bonds is 5. The van der Waals surface area contributed by atoms with Crippen LogP contribution in [0.25, 0.3) is 0 Å². The molecule has 1 aromatic carbocycles. The van der Waals surface area contributed by atoms with Crippen molar-refractivity contribution < 1.29 is 24.6 Å². The molecule has 0 aliphatic carbocycles. The first-order valence-corrected chi connectivity index (χ1v) is 5.14. The van der Waals surface area contributed by atoms with Gasteiger partial charge in [-0.1, -0.05) is 29.8 Å². The molecule has 0 aromatic heterocycles. The van der Waals surface area contributed by atoms with Gasteiger partial charge in [0, 0.05) is 0 Å². The lowest BCUT2D eigenvalue weighted by molar-refractivity contribution is -0.163. The molecule has 17 heavy (non-hydrogen) atoms. The number of thiol groups is 1. The minimum absolute atomic E-state index is 0.370.